The molecule has 0 bridgehead atoms. The summed E-state index contributed by atoms with van der Waals surface area (Å²) in [7, 11) is 0. The third-order valence-corrected chi connectivity index (χ3v) is 6.02. The average Bonchev–Trinajstić information content (AvgIpc) is 3.22. The van der Waals surface area contributed by atoms with Gasteiger partial charge in [-0.1, -0.05) is 87.5 Å². The summed E-state index contributed by atoms with van der Waals surface area (Å²) in [6.07, 6.45) is 0.649. The number of amidine groups is 1. The highest BCUT2D eigenvalue weighted by Crippen LogP contribution is 2.31. The zero-order chi connectivity index (χ0) is 25.7. The van der Waals surface area contributed by atoms with Crippen molar-refractivity contribution in [2.45, 2.75) is 32.6 Å². The van der Waals surface area contributed by atoms with Crippen LogP contribution in [0, 0.1) is 11.3 Å². The molecular weight excluding hydrogens is 448 g/mol. The lowest BCUT2D eigenvalue weighted by molar-refractivity contribution is -0.117. The summed E-state index contributed by atoms with van der Waals surface area (Å²) in [5.41, 5.74) is 4.16. The molecule has 36 heavy (non-hydrogen) atoms. The van der Waals surface area contributed by atoms with Crippen LogP contribution in [0.5, 0.6) is 0 Å². The molecule has 0 saturated heterocycles. The van der Waals surface area contributed by atoms with Crippen LogP contribution in [0.3, 0.4) is 0 Å². The zero-order valence-corrected chi connectivity index (χ0v) is 20.6. The van der Waals surface area contributed by atoms with E-state index in [1.807, 2.05) is 66.7 Å². The van der Waals surface area contributed by atoms with Crippen LogP contribution >= 0.6 is 0 Å². The van der Waals surface area contributed by atoms with Gasteiger partial charge >= 0.3 is 0 Å². The van der Waals surface area contributed by atoms with Crippen molar-refractivity contribution in [1.29, 1.82) is 5.26 Å². The van der Waals surface area contributed by atoms with Crippen molar-refractivity contribution in [3.8, 4) is 6.07 Å². The summed E-state index contributed by atoms with van der Waals surface area (Å²) >= 11 is 0. The Kier molecular flexibility index (Phi) is 7.12. The van der Waals surface area contributed by atoms with Crippen molar-refractivity contribution in [3.05, 3.63) is 112 Å². The maximum absolute atomic E-state index is 13.0. The highest BCUT2D eigenvalue weighted by atomic mass is 16.2. The predicted octanol–water partition coefficient (Wildman–Crippen LogP) is 4.77. The standard InChI is InChI=1S/C30H28N4O2/c1-30(2,3)22-15-13-21(14-16-22)28(35)34-27-24-12-8-7-11-23(24)26(33-27)25(19-31)29(36)32-18-17-20-9-5-4-6-10-20/h4-16H,17-18H2,1-3H3,(H,32,36)(H,33,34,35)/b26-25-. The maximum atomic E-state index is 13.0. The minimum absolute atomic E-state index is 0.0153. The Labute approximate surface area is 211 Å². The van der Waals surface area contributed by atoms with Crippen molar-refractivity contribution in [1.82, 2.24) is 10.6 Å². The summed E-state index contributed by atoms with van der Waals surface area (Å²) in [4.78, 5) is 30.4. The Bertz CT molecular complexity index is 1390. The van der Waals surface area contributed by atoms with Gasteiger partial charge in [0.15, 0.2) is 0 Å². The third kappa shape index (κ3) is 5.42. The normalized spacial score (nSPS) is 13.8. The van der Waals surface area contributed by atoms with Gasteiger partial charge in [0.25, 0.3) is 11.8 Å². The first-order valence-corrected chi connectivity index (χ1v) is 11.8. The molecular formula is C30H28N4O2. The van der Waals surface area contributed by atoms with Crippen LogP contribution in [0.15, 0.2) is 89.4 Å². The first-order valence-electron chi connectivity index (χ1n) is 11.8. The minimum atomic E-state index is -0.493. The number of carbonyl (C=O) groups is 2. The van der Waals surface area contributed by atoms with Crippen LogP contribution in [0.25, 0.3) is 5.70 Å². The SMILES string of the molecule is CC(C)(C)c1ccc(C(=O)NC2=N/C(=C(/C#N)C(=O)NCCc3ccccc3)c3ccccc32)cc1. The van der Waals surface area contributed by atoms with Crippen molar-refractivity contribution in [2.75, 3.05) is 6.54 Å². The first kappa shape index (κ1) is 24.6. The molecule has 6 nitrogen and oxygen atoms in total. The van der Waals surface area contributed by atoms with E-state index in [-0.39, 0.29) is 22.6 Å². The number of amides is 2. The van der Waals surface area contributed by atoms with Crippen molar-refractivity contribution < 1.29 is 9.59 Å². The van der Waals surface area contributed by atoms with Crippen LogP contribution in [0.2, 0.25) is 0 Å². The molecule has 0 aromatic heterocycles. The van der Waals surface area contributed by atoms with Gasteiger partial charge in [0.05, 0.1) is 5.70 Å². The van der Waals surface area contributed by atoms with E-state index in [1.54, 1.807) is 18.2 Å². The Morgan fingerprint density at radius 2 is 1.53 bits per heavy atom. The number of carbonyl (C=O) groups excluding carboxylic acids is 2. The van der Waals surface area contributed by atoms with E-state index < -0.39 is 5.91 Å². The highest BCUT2D eigenvalue weighted by Gasteiger charge is 2.27. The summed E-state index contributed by atoms with van der Waals surface area (Å²) in [5, 5.41) is 15.5. The summed E-state index contributed by atoms with van der Waals surface area (Å²) < 4.78 is 0. The molecule has 0 spiro atoms. The second-order valence-electron chi connectivity index (χ2n) is 9.61. The van der Waals surface area contributed by atoms with Crippen LogP contribution in [-0.4, -0.2) is 24.2 Å². The van der Waals surface area contributed by atoms with Crippen LogP contribution < -0.4 is 10.6 Å². The lowest BCUT2D eigenvalue weighted by atomic mass is 9.87. The van der Waals surface area contributed by atoms with E-state index >= 15 is 0 Å². The summed E-state index contributed by atoms with van der Waals surface area (Å²) in [6, 6.07) is 26.5. The number of hydrogen-bond acceptors (Lipinski definition) is 4. The second kappa shape index (κ2) is 10.4. The molecule has 2 N–H and O–H groups in total. The van der Waals surface area contributed by atoms with Crippen molar-refractivity contribution >= 4 is 23.3 Å². The Morgan fingerprint density at radius 1 is 0.889 bits per heavy atom. The van der Waals surface area contributed by atoms with E-state index in [2.05, 4.69) is 36.4 Å². The van der Waals surface area contributed by atoms with E-state index in [0.717, 1.165) is 11.1 Å². The minimum Gasteiger partial charge on any atom is -0.351 e. The molecule has 2 amide bonds. The van der Waals surface area contributed by atoms with Gasteiger partial charge in [0, 0.05) is 23.2 Å². The number of benzene rings is 3. The fourth-order valence-electron chi connectivity index (χ4n) is 3.98. The molecule has 6 heteroatoms. The lowest BCUT2D eigenvalue weighted by Gasteiger charge is -2.19. The van der Waals surface area contributed by atoms with Gasteiger partial charge in [-0.25, -0.2) is 4.99 Å². The molecule has 0 atom stereocenters. The number of nitriles is 1. The molecule has 1 aliphatic rings. The zero-order valence-electron chi connectivity index (χ0n) is 20.6. The quantitative estimate of drug-likeness (QED) is 0.410. The number of nitrogens with one attached hydrogen (secondary N) is 2. The number of fused-ring (bicyclic) bond motifs is 1. The average molecular weight is 477 g/mol. The van der Waals surface area contributed by atoms with Crippen LogP contribution in [0.4, 0.5) is 0 Å². The van der Waals surface area contributed by atoms with Crippen molar-refractivity contribution in [3.63, 3.8) is 0 Å². The Balaban J connectivity index is 1.55. The van der Waals surface area contributed by atoms with E-state index in [9.17, 15) is 14.9 Å². The fraction of sp³-hybridized carbons (Fsp3) is 0.200. The highest BCUT2D eigenvalue weighted by molar-refractivity contribution is 6.20. The van der Waals surface area contributed by atoms with Gasteiger partial charge in [-0.15, -0.1) is 0 Å². The third-order valence-electron chi connectivity index (χ3n) is 6.02. The largest absolute Gasteiger partial charge is 0.351 e. The molecule has 0 fully saturated rings. The van der Waals surface area contributed by atoms with Gasteiger partial charge in [-0.3, -0.25) is 9.59 Å². The molecule has 0 saturated carbocycles. The van der Waals surface area contributed by atoms with E-state index in [0.29, 0.717) is 35.5 Å². The monoisotopic (exact) mass is 476 g/mol. The van der Waals surface area contributed by atoms with E-state index in [1.165, 1.54) is 0 Å². The Morgan fingerprint density at radius 3 is 2.17 bits per heavy atom. The Hall–Kier alpha value is -4.50. The van der Waals surface area contributed by atoms with Crippen LogP contribution in [0.1, 0.15) is 53.4 Å². The molecule has 0 radical (unpaired) electrons. The number of aliphatic imine (C=N–C) groups is 1. The topological polar surface area (TPSA) is 94.3 Å². The maximum Gasteiger partial charge on any atom is 0.264 e. The van der Waals surface area contributed by atoms with Gasteiger partial charge in [0.2, 0.25) is 0 Å². The molecule has 1 aliphatic heterocycles. The molecule has 0 unspecified atom stereocenters. The van der Waals surface area contributed by atoms with Gasteiger partial charge in [-0.05, 0) is 35.1 Å². The molecule has 4 rings (SSSR count). The number of rotatable bonds is 5. The van der Waals surface area contributed by atoms with Gasteiger partial charge in [-0.2, -0.15) is 5.26 Å². The fourth-order valence-corrected chi connectivity index (χ4v) is 3.98. The summed E-state index contributed by atoms with van der Waals surface area (Å²) in [5.74, 6) is -0.487. The second-order valence-corrected chi connectivity index (χ2v) is 9.61. The van der Waals surface area contributed by atoms with E-state index in [4.69, 9.17) is 0 Å². The molecule has 3 aromatic carbocycles. The molecule has 3 aromatic rings. The summed E-state index contributed by atoms with van der Waals surface area (Å²) in [6.45, 7) is 6.74. The van der Waals surface area contributed by atoms with Crippen LogP contribution in [-0.2, 0) is 16.6 Å². The smallest absolute Gasteiger partial charge is 0.264 e. The lowest BCUT2D eigenvalue weighted by Crippen LogP contribution is -2.30. The number of nitrogens with zero attached hydrogens (tertiary/aromatic N) is 2. The first-order chi connectivity index (χ1) is 17.3. The number of hydrogen-bond donors (Lipinski definition) is 2. The van der Waals surface area contributed by atoms with Gasteiger partial charge in [0.1, 0.15) is 17.5 Å². The molecule has 0 aliphatic carbocycles. The predicted molar refractivity (Wildman–Crippen MR) is 141 cm³/mol. The molecule has 1 heterocycles. The van der Waals surface area contributed by atoms with Crippen molar-refractivity contribution in [2.24, 2.45) is 4.99 Å². The molecule has 180 valence electrons. The van der Waals surface area contributed by atoms with Gasteiger partial charge < -0.3 is 10.6 Å².